The Bertz CT molecular complexity index is 650. The van der Waals surface area contributed by atoms with Crippen molar-refractivity contribution in [1.29, 1.82) is 0 Å². The van der Waals surface area contributed by atoms with E-state index in [1.165, 1.54) is 12.5 Å². The Morgan fingerprint density at radius 2 is 1.95 bits per heavy atom. The normalized spacial score (nSPS) is 16.0. The van der Waals surface area contributed by atoms with E-state index in [2.05, 4.69) is 16.7 Å². The first-order valence-corrected chi connectivity index (χ1v) is 6.53. The molecule has 3 rings (SSSR count). The van der Waals surface area contributed by atoms with Crippen molar-refractivity contribution >= 4 is 17.3 Å². The number of amides is 1. The van der Waals surface area contributed by atoms with E-state index in [9.17, 15) is 4.79 Å². The molecule has 2 aromatic rings. The Balaban J connectivity index is 1.77. The van der Waals surface area contributed by atoms with Crippen LogP contribution in [0.4, 0.5) is 11.4 Å². The summed E-state index contributed by atoms with van der Waals surface area (Å²) in [5, 5.41) is 6.08. The van der Waals surface area contributed by atoms with Crippen LogP contribution in [0.25, 0.3) is 0 Å². The van der Waals surface area contributed by atoms with Gasteiger partial charge in [-0.3, -0.25) is 4.79 Å². The molecule has 0 spiro atoms. The largest absolute Gasteiger partial charge is 0.464 e. The van der Waals surface area contributed by atoms with Crippen molar-refractivity contribution in [2.75, 3.05) is 10.6 Å². The maximum absolute atomic E-state index is 11.0. The molecule has 1 atom stereocenters. The third kappa shape index (κ3) is 2.45. The lowest BCUT2D eigenvalue weighted by Gasteiger charge is -2.12. The molecule has 0 fully saturated rings. The van der Waals surface area contributed by atoms with E-state index in [1.54, 1.807) is 0 Å². The standard InChI is InChI=1S/C16H16N2O2/c1-10-3-8-14-15(9-10)20-16(18-14)12-4-6-13(7-5-12)17-11(2)19/h3-9,16,18H,1-2H3,(H,17,19)/t16-/m0/s1. The van der Waals surface area contributed by atoms with Crippen molar-refractivity contribution in [1.82, 2.24) is 0 Å². The number of carbonyl (C=O) groups is 1. The summed E-state index contributed by atoms with van der Waals surface area (Å²) in [6.07, 6.45) is -0.182. The van der Waals surface area contributed by atoms with Crippen LogP contribution in [-0.2, 0) is 4.79 Å². The molecule has 1 aliphatic rings. The maximum atomic E-state index is 11.0. The smallest absolute Gasteiger partial charge is 0.221 e. The van der Waals surface area contributed by atoms with Gasteiger partial charge in [0.2, 0.25) is 5.91 Å². The van der Waals surface area contributed by atoms with Crippen LogP contribution in [0.1, 0.15) is 24.3 Å². The topological polar surface area (TPSA) is 50.4 Å². The molecule has 2 aromatic carbocycles. The zero-order chi connectivity index (χ0) is 14.1. The van der Waals surface area contributed by atoms with E-state index in [4.69, 9.17) is 4.74 Å². The fourth-order valence-electron chi connectivity index (χ4n) is 2.24. The van der Waals surface area contributed by atoms with Gasteiger partial charge in [0.1, 0.15) is 5.75 Å². The first-order valence-electron chi connectivity index (χ1n) is 6.53. The average Bonchev–Trinajstić information content (AvgIpc) is 2.81. The van der Waals surface area contributed by atoms with Crippen LogP contribution in [-0.4, -0.2) is 5.91 Å². The molecule has 1 amide bonds. The number of hydrogen-bond acceptors (Lipinski definition) is 3. The molecule has 0 unspecified atom stereocenters. The van der Waals surface area contributed by atoms with Gasteiger partial charge in [-0.1, -0.05) is 18.2 Å². The molecule has 102 valence electrons. The van der Waals surface area contributed by atoms with Crippen LogP contribution in [0.15, 0.2) is 42.5 Å². The van der Waals surface area contributed by atoms with Gasteiger partial charge >= 0.3 is 0 Å². The van der Waals surface area contributed by atoms with Crippen LogP contribution >= 0.6 is 0 Å². The highest BCUT2D eigenvalue weighted by Crippen LogP contribution is 2.38. The molecule has 1 aliphatic heterocycles. The van der Waals surface area contributed by atoms with Gasteiger partial charge in [0.15, 0.2) is 6.23 Å². The Labute approximate surface area is 117 Å². The average molecular weight is 268 g/mol. The zero-order valence-corrected chi connectivity index (χ0v) is 11.4. The Kier molecular flexibility index (Phi) is 3.06. The minimum atomic E-state index is -0.182. The Morgan fingerprint density at radius 3 is 2.65 bits per heavy atom. The molecule has 1 heterocycles. The van der Waals surface area contributed by atoms with Gasteiger partial charge in [-0.05, 0) is 36.8 Å². The number of rotatable bonds is 2. The predicted octanol–water partition coefficient (Wildman–Crippen LogP) is 3.46. The summed E-state index contributed by atoms with van der Waals surface area (Å²) in [6.45, 7) is 3.54. The summed E-state index contributed by atoms with van der Waals surface area (Å²) in [4.78, 5) is 11.0. The van der Waals surface area contributed by atoms with Gasteiger partial charge in [0.05, 0.1) is 5.69 Å². The quantitative estimate of drug-likeness (QED) is 0.877. The van der Waals surface area contributed by atoms with E-state index in [1.807, 2.05) is 43.3 Å². The van der Waals surface area contributed by atoms with E-state index < -0.39 is 0 Å². The third-order valence-electron chi connectivity index (χ3n) is 3.20. The zero-order valence-electron chi connectivity index (χ0n) is 11.4. The molecular weight excluding hydrogens is 252 g/mol. The van der Waals surface area contributed by atoms with Crippen LogP contribution in [0.3, 0.4) is 0 Å². The van der Waals surface area contributed by atoms with Gasteiger partial charge in [0.25, 0.3) is 0 Å². The van der Waals surface area contributed by atoms with Crippen molar-refractivity contribution in [3.8, 4) is 5.75 Å². The van der Waals surface area contributed by atoms with E-state index in [0.29, 0.717) is 0 Å². The lowest BCUT2D eigenvalue weighted by molar-refractivity contribution is -0.114. The number of aryl methyl sites for hydroxylation is 1. The van der Waals surface area contributed by atoms with Gasteiger partial charge in [-0.15, -0.1) is 0 Å². The molecule has 0 saturated heterocycles. The highest BCUT2D eigenvalue weighted by Gasteiger charge is 2.23. The number of anilines is 2. The van der Waals surface area contributed by atoms with Gasteiger partial charge in [0, 0.05) is 18.2 Å². The van der Waals surface area contributed by atoms with Crippen molar-refractivity contribution in [2.24, 2.45) is 0 Å². The van der Waals surface area contributed by atoms with E-state index in [0.717, 1.165) is 22.7 Å². The van der Waals surface area contributed by atoms with Crippen LogP contribution in [0, 0.1) is 6.92 Å². The van der Waals surface area contributed by atoms with Crippen molar-refractivity contribution in [2.45, 2.75) is 20.1 Å². The number of hydrogen-bond donors (Lipinski definition) is 2. The first-order chi connectivity index (χ1) is 9.61. The molecule has 0 bridgehead atoms. The number of benzene rings is 2. The maximum Gasteiger partial charge on any atom is 0.221 e. The van der Waals surface area contributed by atoms with Gasteiger partial charge in [-0.2, -0.15) is 0 Å². The van der Waals surface area contributed by atoms with Gasteiger partial charge < -0.3 is 15.4 Å². The number of carbonyl (C=O) groups excluding carboxylic acids is 1. The molecule has 0 aliphatic carbocycles. The molecule has 4 heteroatoms. The minimum Gasteiger partial charge on any atom is -0.464 e. The summed E-state index contributed by atoms with van der Waals surface area (Å²) in [5.74, 6) is 0.803. The lowest BCUT2D eigenvalue weighted by Crippen LogP contribution is -2.10. The van der Waals surface area contributed by atoms with Crippen molar-refractivity contribution < 1.29 is 9.53 Å². The first kappa shape index (κ1) is 12.5. The number of ether oxygens (including phenoxy) is 1. The van der Waals surface area contributed by atoms with E-state index >= 15 is 0 Å². The molecule has 4 nitrogen and oxygen atoms in total. The second kappa shape index (κ2) is 4.89. The SMILES string of the molecule is CC(=O)Nc1ccc([C@H]2Nc3ccc(C)cc3O2)cc1. The summed E-state index contributed by atoms with van der Waals surface area (Å²) >= 11 is 0. The molecule has 0 saturated carbocycles. The summed E-state index contributed by atoms with van der Waals surface area (Å²) in [7, 11) is 0. The summed E-state index contributed by atoms with van der Waals surface area (Å²) in [6, 6.07) is 13.7. The van der Waals surface area contributed by atoms with Crippen LogP contribution < -0.4 is 15.4 Å². The van der Waals surface area contributed by atoms with Crippen molar-refractivity contribution in [3.05, 3.63) is 53.6 Å². The van der Waals surface area contributed by atoms with Crippen LogP contribution in [0.5, 0.6) is 5.75 Å². The summed E-state index contributed by atoms with van der Waals surface area (Å²) in [5.41, 5.74) is 3.99. The fourth-order valence-corrected chi connectivity index (χ4v) is 2.24. The molecular formula is C16H16N2O2. The van der Waals surface area contributed by atoms with Crippen LogP contribution in [0.2, 0.25) is 0 Å². The molecule has 20 heavy (non-hydrogen) atoms. The number of fused-ring (bicyclic) bond motifs is 1. The molecule has 2 N–H and O–H groups in total. The monoisotopic (exact) mass is 268 g/mol. The second-order valence-electron chi connectivity index (χ2n) is 4.95. The molecule has 0 radical (unpaired) electrons. The van der Waals surface area contributed by atoms with Gasteiger partial charge in [-0.25, -0.2) is 0 Å². The summed E-state index contributed by atoms with van der Waals surface area (Å²) < 4.78 is 5.90. The van der Waals surface area contributed by atoms with E-state index in [-0.39, 0.29) is 12.1 Å². The third-order valence-corrected chi connectivity index (χ3v) is 3.20. The highest BCUT2D eigenvalue weighted by atomic mass is 16.5. The second-order valence-corrected chi connectivity index (χ2v) is 4.95. The number of nitrogens with one attached hydrogen (secondary N) is 2. The predicted molar refractivity (Wildman–Crippen MR) is 78.9 cm³/mol. The highest BCUT2D eigenvalue weighted by molar-refractivity contribution is 5.88. The minimum absolute atomic E-state index is 0.0733. The fraction of sp³-hybridized carbons (Fsp3) is 0.188. The lowest BCUT2D eigenvalue weighted by atomic mass is 10.2. The van der Waals surface area contributed by atoms with Crippen molar-refractivity contribution in [3.63, 3.8) is 0 Å². The molecule has 0 aromatic heterocycles. The Morgan fingerprint density at radius 1 is 1.20 bits per heavy atom. The Hall–Kier alpha value is -2.49.